The van der Waals surface area contributed by atoms with Gasteiger partial charge in [0.25, 0.3) is 0 Å². The van der Waals surface area contributed by atoms with E-state index >= 15 is 0 Å². The lowest BCUT2D eigenvalue weighted by molar-refractivity contribution is 1.20. The molecule has 1 heterocycles. The Hall–Kier alpha value is -2.54. The van der Waals surface area contributed by atoms with E-state index in [1.54, 1.807) is 24.4 Å². The number of aromatic nitrogens is 1. The van der Waals surface area contributed by atoms with Gasteiger partial charge < -0.3 is 11.1 Å². The number of rotatable bonds is 2. The molecule has 0 fully saturated rings. The summed E-state index contributed by atoms with van der Waals surface area (Å²) in [4.78, 5) is 4.18. The van der Waals surface area contributed by atoms with Crippen LogP contribution in [0.2, 0.25) is 0 Å². The van der Waals surface area contributed by atoms with Crippen LogP contribution in [0.15, 0.2) is 36.5 Å². The van der Waals surface area contributed by atoms with Gasteiger partial charge in [-0.2, -0.15) is 5.26 Å². The van der Waals surface area contributed by atoms with Crippen molar-refractivity contribution < 1.29 is 0 Å². The maximum atomic E-state index is 8.82. The molecule has 1 aromatic carbocycles. The summed E-state index contributed by atoms with van der Waals surface area (Å²) in [6, 6.07) is 11.0. The summed E-state index contributed by atoms with van der Waals surface area (Å²) in [7, 11) is 0. The summed E-state index contributed by atoms with van der Waals surface area (Å²) in [5.41, 5.74) is 9.52. The molecule has 2 aromatic rings. The van der Waals surface area contributed by atoms with Crippen LogP contribution in [0.25, 0.3) is 0 Å². The lowest BCUT2D eigenvalue weighted by atomic mass is 10.2. The van der Waals surface area contributed by atoms with Crippen LogP contribution < -0.4 is 11.1 Å². The Kier molecular flexibility index (Phi) is 2.93. The number of anilines is 3. The molecule has 0 saturated heterocycles. The van der Waals surface area contributed by atoms with Gasteiger partial charge in [0.1, 0.15) is 0 Å². The van der Waals surface area contributed by atoms with Crippen molar-refractivity contribution in [3.63, 3.8) is 0 Å². The largest absolute Gasteiger partial charge is 0.397 e. The van der Waals surface area contributed by atoms with Gasteiger partial charge in [-0.25, -0.2) is 0 Å². The van der Waals surface area contributed by atoms with Gasteiger partial charge in [-0.05, 0) is 37.3 Å². The number of pyridine rings is 1. The molecule has 0 radical (unpaired) electrons. The molecule has 4 nitrogen and oxygen atoms in total. The topological polar surface area (TPSA) is 74.7 Å². The zero-order valence-electron chi connectivity index (χ0n) is 9.44. The summed E-state index contributed by atoms with van der Waals surface area (Å²) in [6.45, 7) is 1.93. The predicted octanol–water partition coefficient (Wildman–Crippen LogP) is 2.59. The molecule has 0 spiro atoms. The number of nitrogens with one attached hydrogen (secondary N) is 1. The van der Waals surface area contributed by atoms with Crippen molar-refractivity contribution >= 4 is 17.1 Å². The fraction of sp³-hybridized carbons (Fsp3) is 0.0769. The molecule has 0 saturated carbocycles. The Morgan fingerprint density at radius 3 is 2.76 bits per heavy atom. The van der Waals surface area contributed by atoms with Gasteiger partial charge in [0.15, 0.2) is 0 Å². The second-order valence-corrected chi connectivity index (χ2v) is 3.73. The van der Waals surface area contributed by atoms with Crippen LogP contribution in [0.1, 0.15) is 11.3 Å². The van der Waals surface area contributed by atoms with Gasteiger partial charge in [-0.1, -0.05) is 0 Å². The molecule has 3 N–H and O–H groups in total. The average molecular weight is 224 g/mol. The maximum Gasteiger partial charge on any atom is 0.0992 e. The smallest absolute Gasteiger partial charge is 0.0992 e. The second kappa shape index (κ2) is 4.54. The van der Waals surface area contributed by atoms with Crippen molar-refractivity contribution in [2.75, 3.05) is 11.1 Å². The molecule has 0 aliphatic heterocycles. The minimum atomic E-state index is 0.571. The number of nitrogens with two attached hydrogens (primary N) is 1. The second-order valence-electron chi connectivity index (χ2n) is 3.73. The number of nitriles is 1. The molecule has 0 atom stereocenters. The molecule has 2 rings (SSSR count). The standard InChI is InChI=1S/C13H12N4/c1-9-2-4-11(8-16-9)17-13-6-10(7-14)3-5-12(13)15/h2-6,8,17H,15H2,1H3. The van der Waals surface area contributed by atoms with E-state index in [4.69, 9.17) is 11.0 Å². The van der Waals surface area contributed by atoms with Gasteiger partial charge in [-0.3, -0.25) is 4.98 Å². The van der Waals surface area contributed by atoms with Crippen molar-refractivity contribution in [3.8, 4) is 6.07 Å². The van der Waals surface area contributed by atoms with Crippen LogP contribution in [0, 0.1) is 18.3 Å². The number of hydrogen-bond acceptors (Lipinski definition) is 4. The Labute approximate surface area is 99.7 Å². The summed E-state index contributed by atoms with van der Waals surface area (Å²) >= 11 is 0. The Bertz CT molecular complexity index is 567. The van der Waals surface area contributed by atoms with Gasteiger partial charge in [0.05, 0.1) is 34.9 Å². The molecule has 17 heavy (non-hydrogen) atoms. The number of nitrogens with zero attached hydrogens (tertiary/aromatic N) is 2. The fourth-order valence-electron chi connectivity index (χ4n) is 1.43. The molecule has 1 aromatic heterocycles. The van der Waals surface area contributed by atoms with E-state index in [2.05, 4.69) is 16.4 Å². The van der Waals surface area contributed by atoms with Crippen molar-refractivity contribution in [1.29, 1.82) is 5.26 Å². The van der Waals surface area contributed by atoms with Gasteiger partial charge in [0.2, 0.25) is 0 Å². The number of hydrogen-bond donors (Lipinski definition) is 2. The third-order valence-electron chi connectivity index (χ3n) is 2.37. The first-order chi connectivity index (χ1) is 8.19. The van der Waals surface area contributed by atoms with E-state index < -0.39 is 0 Å². The molecule has 0 bridgehead atoms. The van der Waals surface area contributed by atoms with Gasteiger partial charge in [0, 0.05) is 5.69 Å². The fourth-order valence-corrected chi connectivity index (χ4v) is 1.43. The van der Waals surface area contributed by atoms with E-state index in [1.807, 2.05) is 19.1 Å². The van der Waals surface area contributed by atoms with Gasteiger partial charge in [-0.15, -0.1) is 0 Å². The first-order valence-electron chi connectivity index (χ1n) is 5.18. The summed E-state index contributed by atoms with van der Waals surface area (Å²) in [5.74, 6) is 0. The number of benzene rings is 1. The number of nitrogen functional groups attached to an aromatic ring is 1. The molecular weight excluding hydrogens is 212 g/mol. The zero-order chi connectivity index (χ0) is 12.3. The molecular formula is C13H12N4. The third kappa shape index (κ3) is 2.52. The first-order valence-corrected chi connectivity index (χ1v) is 5.18. The van der Waals surface area contributed by atoms with Crippen molar-refractivity contribution in [3.05, 3.63) is 47.8 Å². The lowest BCUT2D eigenvalue weighted by Gasteiger charge is -2.09. The Balaban J connectivity index is 2.29. The molecule has 0 unspecified atom stereocenters. The lowest BCUT2D eigenvalue weighted by Crippen LogP contribution is -1.97. The van der Waals surface area contributed by atoms with Crippen LogP contribution in [-0.2, 0) is 0 Å². The normalized spacial score (nSPS) is 9.65. The quantitative estimate of drug-likeness (QED) is 0.769. The van der Waals surface area contributed by atoms with Crippen LogP contribution in [0.5, 0.6) is 0 Å². The highest BCUT2D eigenvalue weighted by atomic mass is 14.9. The van der Waals surface area contributed by atoms with Crippen molar-refractivity contribution in [2.24, 2.45) is 0 Å². The monoisotopic (exact) mass is 224 g/mol. The highest BCUT2D eigenvalue weighted by Crippen LogP contribution is 2.23. The highest BCUT2D eigenvalue weighted by molar-refractivity contribution is 5.73. The van der Waals surface area contributed by atoms with E-state index in [9.17, 15) is 0 Å². The van der Waals surface area contributed by atoms with Crippen LogP contribution in [0.3, 0.4) is 0 Å². The van der Waals surface area contributed by atoms with Crippen molar-refractivity contribution in [2.45, 2.75) is 6.92 Å². The SMILES string of the molecule is Cc1ccc(Nc2cc(C#N)ccc2N)cn1. The van der Waals surface area contributed by atoms with E-state index in [0.29, 0.717) is 11.3 Å². The Morgan fingerprint density at radius 2 is 2.12 bits per heavy atom. The molecule has 0 aliphatic carbocycles. The minimum absolute atomic E-state index is 0.571. The first kappa shape index (κ1) is 11.0. The van der Waals surface area contributed by atoms with Crippen molar-refractivity contribution in [1.82, 2.24) is 4.98 Å². The maximum absolute atomic E-state index is 8.82. The minimum Gasteiger partial charge on any atom is -0.397 e. The highest BCUT2D eigenvalue weighted by Gasteiger charge is 2.01. The zero-order valence-corrected chi connectivity index (χ0v) is 9.44. The summed E-state index contributed by atoms with van der Waals surface area (Å²) < 4.78 is 0. The van der Waals surface area contributed by atoms with E-state index in [1.165, 1.54) is 0 Å². The average Bonchev–Trinajstić information content (AvgIpc) is 2.35. The Morgan fingerprint density at radius 1 is 1.29 bits per heavy atom. The summed E-state index contributed by atoms with van der Waals surface area (Å²) in [5, 5.41) is 12.0. The molecule has 84 valence electrons. The predicted molar refractivity (Wildman–Crippen MR) is 67.8 cm³/mol. The van der Waals surface area contributed by atoms with Gasteiger partial charge >= 0.3 is 0 Å². The van der Waals surface area contributed by atoms with E-state index in [-0.39, 0.29) is 0 Å². The molecule has 0 aliphatic rings. The molecule has 0 amide bonds. The third-order valence-corrected chi connectivity index (χ3v) is 2.37. The number of aryl methyl sites for hydroxylation is 1. The molecule has 4 heteroatoms. The summed E-state index contributed by atoms with van der Waals surface area (Å²) in [6.07, 6.45) is 1.73. The van der Waals surface area contributed by atoms with Crippen LogP contribution in [-0.4, -0.2) is 4.98 Å². The van der Waals surface area contributed by atoms with Crippen LogP contribution in [0.4, 0.5) is 17.1 Å². The van der Waals surface area contributed by atoms with E-state index in [0.717, 1.165) is 17.1 Å². The van der Waals surface area contributed by atoms with Crippen LogP contribution >= 0.6 is 0 Å².